The van der Waals surface area contributed by atoms with Crippen molar-refractivity contribution in [3.05, 3.63) is 63.6 Å². The molecular weight excluding hydrogens is 415 g/mol. The lowest BCUT2D eigenvalue weighted by atomic mass is 10.00. The van der Waals surface area contributed by atoms with Crippen molar-refractivity contribution in [3.63, 3.8) is 0 Å². The van der Waals surface area contributed by atoms with E-state index in [-0.39, 0.29) is 16.7 Å². The number of halogens is 2. The molecule has 0 radical (unpaired) electrons. The number of anilines is 1. The van der Waals surface area contributed by atoms with E-state index in [1.54, 1.807) is 30.0 Å². The highest BCUT2D eigenvalue weighted by Gasteiger charge is 2.49. The molecule has 7 heteroatoms. The summed E-state index contributed by atoms with van der Waals surface area (Å²) in [7, 11) is 0. The summed E-state index contributed by atoms with van der Waals surface area (Å²) in [6.07, 6.45) is 1.48. The molecular formula is C21H20Cl2N2O2S. The molecule has 2 amide bonds. The molecule has 4 nitrogen and oxygen atoms in total. The van der Waals surface area contributed by atoms with Gasteiger partial charge in [-0.2, -0.15) is 0 Å². The molecule has 0 N–H and O–H groups in total. The molecule has 0 bridgehead atoms. The van der Waals surface area contributed by atoms with Gasteiger partial charge in [-0.15, -0.1) is 11.8 Å². The quantitative estimate of drug-likeness (QED) is 0.666. The standard InChI is InChI=1S/C21H20Cl2N2O2S/c1-14-3-2-4-16(11-14)25-19(26)13-28-21(25)7-9-24(10-8-21)20(27)15-5-6-17(22)18(23)12-15/h2-6,11-12H,7-10,13H2,1H3. The summed E-state index contributed by atoms with van der Waals surface area (Å²) >= 11 is 13.7. The van der Waals surface area contributed by atoms with Crippen molar-refractivity contribution in [2.45, 2.75) is 24.6 Å². The highest BCUT2D eigenvalue weighted by molar-refractivity contribution is 8.02. The molecule has 0 atom stereocenters. The third kappa shape index (κ3) is 3.51. The van der Waals surface area contributed by atoms with Crippen molar-refractivity contribution in [1.82, 2.24) is 4.90 Å². The fourth-order valence-corrected chi connectivity index (χ4v) is 5.56. The lowest BCUT2D eigenvalue weighted by Gasteiger charge is -2.44. The Hall–Kier alpha value is -1.69. The van der Waals surface area contributed by atoms with Crippen LogP contribution in [0, 0.1) is 6.92 Å². The lowest BCUT2D eigenvalue weighted by molar-refractivity contribution is -0.116. The number of hydrogen-bond donors (Lipinski definition) is 0. The van der Waals surface area contributed by atoms with Crippen LogP contribution in [0.15, 0.2) is 42.5 Å². The predicted octanol–water partition coefficient (Wildman–Crippen LogP) is 5.01. The van der Waals surface area contributed by atoms with Crippen molar-refractivity contribution >= 4 is 52.5 Å². The van der Waals surface area contributed by atoms with E-state index in [0.717, 1.165) is 24.1 Å². The second kappa shape index (κ2) is 7.62. The maximum absolute atomic E-state index is 12.9. The number of likely N-dealkylation sites (tertiary alicyclic amines) is 1. The van der Waals surface area contributed by atoms with E-state index in [4.69, 9.17) is 23.2 Å². The van der Waals surface area contributed by atoms with Gasteiger partial charge < -0.3 is 4.90 Å². The fourth-order valence-electron chi connectivity index (χ4n) is 3.94. The maximum atomic E-state index is 12.9. The van der Waals surface area contributed by atoms with Crippen LogP contribution in [0.2, 0.25) is 10.0 Å². The number of thioether (sulfide) groups is 1. The first-order chi connectivity index (χ1) is 13.4. The summed E-state index contributed by atoms with van der Waals surface area (Å²) in [5, 5.41) is 0.814. The van der Waals surface area contributed by atoms with E-state index >= 15 is 0 Å². The van der Waals surface area contributed by atoms with E-state index in [9.17, 15) is 9.59 Å². The van der Waals surface area contributed by atoms with Gasteiger partial charge in [0.2, 0.25) is 5.91 Å². The zero-order chi connectivity index (χ0) is 19.9. The number of rotatable bonds is 2. The van der Waals surface area contributed by atoms with E-state index in [0.29, 0.717) is 34.5 Å². The average Bonchev–Trinajstić information content (AvgIpc) is 3.00. The number of carbonyl (C=O) groups is 2. The second-order valence-corrected chi connectivity index (χ2v) is 9.38. The van der Waals surface area contributed by atoms with Crippen LogP contribution in [0.25, 0.3) is 0 Å². The van der Waals surface area contributed by atoms with Crippen LogP contribution in [0.4, 0.5) is 5.69 Å². The van der Waals surface area contributed by atoms with Crippen molar-refractivity contribution in [2.24, 2.45) is 0 Å². The first-order valence-corrected chi connectivity index (χ1v) is 10.9. The molecule has 2 aliphatic rings. The molecule has 2 aromatic carbocycles. The third-order valence-electron chi connectivity index (χ3n) is 5.38. The monoisotopic (exact) mass is 434 g/mol. The van der Waals surface area contributed by atoms with Crippen LogP contribution in [0.3, 0.4) is 0 Å². The summed E-state index contributed by atoms with van der Waals surface area (Å²) in [4.78, 5) is 29.0. The highest BCUT2D eigenvalue weighted by atomic mass is 35.5. The van der Waals surface area contributed by atoms with E-state index < -0.39 is 0 Å². The number of benzene rings is 2. The summed E-state index contributed by atoms with van der Waals surface area (Å²) in [5.41, 5.74) is 2.61. The molecule has 0 aromatic heterocycles. The minimum absolute atomic E-state index is 0.0511. The smallest absolute Gasteiger partial charge is 0.253 e. The Bertz CT molecular complexity index is 942. The molecule has 1 spiro atoms. The Kier molecular flexibility index (Phi) is 5.34. The van der Waals surface area contributed by atoms with E-state index in [1.807, 2.05) is 34.9 Å². The number of amides is 2. The maximum Gasteiger partial charge on any atom is 0.253 e. The normalized spacial score (nSPS) is 18.8. The Balaban J connectivity index is 1.53. The van der Waals surface area contributed by atoms with E-state index in [1.165, 1.54) is 0 Å². The first-order valence-electron chi connectivity index (χ1n) is 9.18. The predicted molar refractivity (Wildman–Crippen MR) is 115 cm³/mol. The van der Waals surface area contributed by atoms with Gasteiger partial charge in [-0.1, -0.05) is 35.3 Å². The largest absolute Gasteiger partial charge is 0.338 e. The van der Waals surface area contributed by atoms with Gasteiger partial charge in [0.15, 0.2) is 0 Å². The number of hydrogen-bond acceptors (Lipinski definition) is 3. The van der Waals surface area contributed by atoms with Gasteiger partial charge in [0, 0.05) is 24.3 Å². The Morgan fingerprint density at radius 3 is 2.50 bits per heavy atom. The van der Waals surface area contributed by atoms with Gasteiger partial charge in [-0.05, 0) is 55.7 Å². The topological polar surface area (TPSA) is 40.6 Å². The highest BCUT2D eigenvalue weighted by Crippen LogP contribution is 2.47. The molecule has 0 unspecified atom stereocenters. The summed E-state index contributed by atoms with van der Waals surface area (Å²) in [6.45, 7) is 3.23. The summed E-state index contributed by atoms with van der Waals surface area (Å²) in [5.74, 6) is 0.569. The van der Waals surface area contributed by atoms with Crippen LogP contribution in [-0.2, 0) is 4.79 Å². The number of piperidine rings is 1. The van der Waals surface area contributed by atoms with Crippen molar-refractivity contribution in [2.75, 3.05) is 23.7 Å². The molecule has 146 valence electrons. The van der Waals surface area contributed by atoms with Crippen molar-refractivity contribution < 1.29 is 9.59 Å². The molecule has 2 heterocycles. The lowest BCUT2D eigenvalue weighted by Crippen LogP contribution is -2.53. The van der Waals surface area contributed by atoms with Crippen LogP contribution in [-0.4, -0.2) is 40.4 Å². The molecule has 2 aliphatic heterocycles. The molecule has 4 rings (SSSR count). The van der Waals surface area contributed by atoms with E-state index in [2.05, 4.69) is 6.07 Å². The van der Waals surface area contributed by atoms with Gasteiger partial charge >= 0.3 is 0 Å². The second-order valence-electron chi connectivity index (χ2n) is 7.22. The van der Waals surface area contributed by atoms with Crippen molar-refractivity contribution in [3.8, 4) is 0 Å². The summed E-state index contributed by atoms with van der Waals surface area (Å²) < 4.78 is 0. The number of aryl methyl sites for hydroxylation is 1. The molecule has 2 aromatic rings. The Morgan fingerprint density at radius 2 is 1.82 bits per heavy atom. The fraction of sp³-hybridized carbons (Fsp3) is 0.333. The van der Waals surface area contributed by atoms with Gasteiger partial charge in [-0.25, -0.2) is 0 Å². The van der Waals surface area contributed by atoms with Crippen molar-refractivity contribution in [1.29, 1.82) is 0 Å². The minimum atomic E-state index is -0.278. The zero-order valence-electron chi connectivity index (χ0n) is 15.5. The molecule has 0 saturated carbocycles. The van der Waals surface area contributed by atoms with Crippen LogP contribution < -0.4 is 4.90 Å². The Morgan fingerprint density at radius 1 is 1.07 bits per heavy atom. The average molecular weight is 435 g/mol. The molecule has 28 heavy (non-hydrogen) atoms. The number of carbonyl (C=O) groups excluding carboxylic acids is 2. The van der Waals surface area contributed by atoms with Gasteiger partial charge in [0.25, 0.3) is 5.91 Å². The van der Waals surface area contributed by atoms with Crippen LogP contribution in [0.1, 0.15) is 28.8 Å². The first kappa shape index (κ1) is 19.6. The van der Waals surface area contributed by atoms with Gasteiger partial charge in [-0.3, -0.25) is 14.5 Å². The zero-order valence-corrected chi connectivity index (χ0v) is 17.8. The molecule has 2 saturated heterocycles. The number of nitrogens with zero attached hydrogens (tertiary/aromatic N) is 2. The van der Waals surface area contributed by atoms with Crippen LogP contribution >= 0.6 is 35.0 Å². The summed E-state index contributed by atoms with van der Waals surface area (Å²) in [6, 6.07) is 13.0. The molecule has 2 fully saturated rings. The van der Waals surface area contributed by atoms with Gasteiger partial charge in [0.05, 0.1) is 20.7 Å². The SMILES string of the molecule is Cc1cccc(N2C(=O)CSC23CCN(C(=O)c2ccc(Cl)c(Cl)c2)CC3)c1. The van der Waals surface area contributed by atoms with Gasteiger partial charge in [0.1, 0.15) is 0 Å². The Labute approximate surface area is 178 Å². The third-order valence-corrected chi connectivity index (χ3v) is 7.64. The minimum Gasteiger partial charge on any atom is -0.338 e. The molecule has 0 aliphatic carbocycles. The van der Waals surface area contributed by atoms with Crippen LogP contribution in [0.5, 0.6) is 0 Å².